The third kappa shape index (κ3) is 2.75. The van der Waals surface area contributed by atoms with Crippen LogP contribution >= 0.6 is 12.6 Å². The predicted molar refractivity (Wildman–Crippen MR) is 94.7 cm³/mol. The molecule has 2 aromatic carbocycles. The molecule has 0 saturated heterocycles. The van der Waals surface area contributed by atoms with Crippen molar-refractivity contribution in [3.8, 4) is 6.07 Å². The minimum Gasteiger partial charge on any atom is -0.385 e. The molecule has 0 bridgehead atoms. The maximum absolute atomic E-state index is 14.5. The second-order valence-electron chi connectivity index (χ2n) is 7.05. The summed E-state index contributed by atoms with van der Waals surface area (Å²) in [6.45, 7) is 0. The van der Waals surface area contributed by atoms with Crippen LogP contribution in [-0.2, 0) is 6.42 Å². The number of hydrogen-bond donors (Lipinski definition) is 3. The molecule has 7 heteroatoms. The van der Waals surface area contributed by atoms with Gasteiger partial charge in [0.1, 0.15) is 30.4 Å². The van der Waals surface area contributed by atoms with E-state index < -0.39 is 36.3 Å². The highest BCUT2D eigenvalue weighted by atomic mass is 32.1. The lowest BCUT2D eigenvalue weighted by atomic mass is 9.73. The van der Waals surface area contributed by atoms with Gasteiger partial charge in [-0.3, -0.25) is 0 Å². The van der Waals surface area contributed by atoms with Gasteiger partial charge in [-0.25, -0.2) is 13.2 Å². The average Bonchev–Trinajstić information content (AvgIpc) is 2.94. The van der Waals surface area contributed by atoms with Crippen molar-refractivity contribution < 1.29 is 23.4 Å². The van der Waals surface area contributed by atoms with Crippen molar-refractivity contribution >= 4 is 12.6 Å². The van der Waals surface area contributed by atoms with Crippen molar-refractivity contribution in [2.24, 2.45) is 0 Å². The van der Waals surface area contributed by atoms with Crippen LogP contribution in [0, 0.1) is 17.1 Å². The molecular weight excluding hydrogens is 375 g/mol. The molecule has 0 radical (unpaired) electrons. The second kappa shape index (κ2) is 6.55. The highest BCUT2D eigenvalue weighted by molar-refractivity contribution is 7.80. The highest BCUT2D eigenvalue weighted by Gasteiger charge is 2.41. The summed E-state index contributed by atoms with van der Waals surface area (Å²) in [5.74, 6) is -1.39. The first-order valence-corrected chi connectivity index (χ1v) is 9.00. The number of nitrogens with zero attached hydrogens (tertiary/aromatic N) is 1. The first-order valence-electron chi connectivity index (χ1n) is 8.55. The van der Waals surface area contributed by atoms with Crippen LogP contribution in [0.4, 0.5) is 13.2 Å². The minimum absolute atomic E-state index is 0.0139. The first-order chi connectivity index (χ1) is 12.8. The fourth-order valence-electron chi connectivity index (χ4n) is 4.36. The van der Waals surface area contributed by atoms with Crippen molar-refractivity contribution in [3.63, 3.8) is 0 Å². The molecule has 0 spiro atoms. The molecule has 0 saturated carbocycles. The molecule has 5 atom stereocenters. The zero-order valence-electron chi connectivity index (χ0n) is 14.0. The predicted octanol–water partition coefficient (Wildman–Crippen LogP) is 3.82. The summed E-state index contributed by atoms with van der Waals surface area (Å²) in [5, 5.41) is 29.8. The number of halogens is 3. The zero-order valence-corrected chi connectivity index (χ0v) is 14.9. The normalized spacial score (nSPS) is 29.1. The van der Waals surface area contributed by atoms with Gasteiger partial charge in [0, 0.05) is 22.8 Å². The molecule has 4 rings (SSSR count). The van der Waals surface area contributed by atoms with Gasteiger partial charge in [0.25, 0.3) is 0 Å². The number of aliphatic hydroxyl groups is 2. The van der Waals surface area contributed by atoms with Gasteiger partial charge in [0.05, 0.1) is 11.6 Å². The SMILES string of the molecule is N#Cc1cc(F)cc2c1[C@@H](c1ccc(S)c3c1C[C@H](F)[C@H]3O)C[C@H](F)[C@H]2O. The van der Waals surface area contributed by atoms with Gasteiger partial charge in [-0.1, -0.05) is 6.07 Å². The number of fused-ring (bicyclic) bond motifs is 2. The molecule has 27 heavy (non-hydrogen) atoms. The van der Waals surface area contributed by atoms with E-state index in [9.17, 15) is 28.6 Å². The standard InChI is InChI=1S/C20H16F3NO2S/c21-9-3-8(7-24)17-11(5-14(22)19(25)13(17)4-9)10-1-2-16(27)18-12(10)6-15(23)20(18)26/h1-4,11,14-15,19-20,25-27H,5-6H2/t11-,14+,15+,19+,20-/m1/s1. The van der Waals surface area contributed by atoms with Crippen LogP contribution in [0.1, 0.15) is 57.9 Å². The molecule has 2 aliphatic rings. The summed E-state index contributed by atoms with van der Waals surface area (Å²) < 4.78 is 42.6. The summed E-state index contributed by atoms with van der Waals surface area (Å²) >= 11 is 4.30. The molecule has 2 N–H and O–H groups in total. The second-order valence-corrected chi connectivity index (χ2v) is 7.53. The summed E-state index contributed by atoms with van der Waals surface area (Å²) in [7, 11) is 0. The minimum atomic E-state index is -1.66. The molecular formula is C20H16F3NO2S. The van der Waals surface area contributed by atoms with Gasteiger partial charge in [0.15, 0.2) is 0 Å². The van der Waals surface area contributed by atoms with Crippen molar-refractivity contribution in [1.82, 2.24) is 0 Å². The van der Waals surface area contributed by atoms with E-state index in [1.54, 1.807) is 12.1 Å². The van der Waals surface area contributed by atoms with Gasteiger partial charge in [-0.05, 0) is 46.9 Å². The summed E-state index contributed by atoms with van der Waals surface area (Å²) in [6, 6.07) is 7.29. The maximum atomic E-state index is 14.5. The van der Waals surface area contributed by atoms with E-state index in [0.717, 1.165) is 12.1 Å². The van der Waals surface area contributed by atoms with Gasteiger partial charge < -0.3 is 10.2 Å². The highest BCUT2D eigenvalue weighted by Crippen LogP contribution is 2.49. The van der Waals surface area contributed by atoms with Gasteiger partial charge in [-0.2, -0.15) is 5.26 Å². The summed E-state index contributed by atoms with van der Waals surface area (Å²) in [5.41, 5.74) is 1.88. The molecule has 0 amide bonds. The van der Waals surface area contributed by atoms with Crippen molar-refractivity contribution in [2.75, 3.05) is 0 Å². The molecule has 0 aliphatic heterocycles. The fourth-order valence-corrected chi connectivity index (χ4v) is 4.70. The molecule has 0 heterocycles. The molecule has 0 unspecified atom stereocenters. The van der Waals surface area contributed by atoms with Gasteiger partial charge >= 0.3 is 0 Å². The van der Waals surface area contributed by atoms with Crippen LogP contribution in [0.3, 0.4) is 0 Å². The number of thiol groups is 1. The number of rotatable bonds is 1. The van der Waals surface area contributed by atoms with E-state index in [-0.39, 0.29) is 24.0 Å². The van der Waals surface area contributed by atoms with Crippen LogP contribution < -0.4 is 0 Å². The molecule has 2 aromatic rings. The Bertz CT molecular complexity index is 975. The molecule has 0 fully saturated rings. The number of hydrogen-bond acceptors (Lipinski definition) is 4. The van der Waals surface area contributed by atoms with Crippen LogP contribution in [0.25, 0.3) is 0 Å². The molecule has 3 nitrogen and oxygen atoms in total. The number of alkyl halides is 2. The van der Waals surface area contributed by atoms with Gasteiger partial charge in [-0.15, -0.1) is 12.6 Å². The zero-order chi connectivity index (χ0) is 19.5. The van der Waals surface area contributed by atoms with Crippen LogP contribution in [0.2, 0.25) is 0 Å². The van der Waals surface area contributed by atoms with E-state index in [0.29, 0.717) is 27.1 Å². The van der Waals surface area contributed by atoms with Crippen LogP contribution in [0.15, 0.2) is 29.2 Å². The van der Waals surface area contributed by atoms with Gasteiger partial charge in [0.2, 0.25) is 0 Å². The van der Waals surface area contributed by atoms with E-state index in [1.807, 2.05) is 6.07 Å². The van der Waals surface area contributed by atoms with E-state index in [4.69, 9.17) is 0 Å². The average molecular weight is 391 g/mol. The Labute approximate surface area is 159 Å². The van der Waals surface area contributed by atoms with Crippen molar-refractivity contribution in [1.29, 1.82) is 5.26 Å². The molecule has 2 aliphatic carbocycles. The van der Waals surface area contributed by atoms with Crippen LogP contribution in [-0.4, -0.2) is 22.6 Å². The van der Waals surface area contributed by atoms with Crippen molar-refractivity contribution in [2.45, 2.75) is 48.2 Å². The topological polar surface area (TPSA) is 64.2 Å². The number of benzene rings is 2. The Morgan fingerprint density at radius 2 is 1.78 bits per heavy atom. The number of aliphatic hydroxyl groups excluding tert-OH is 2. The summed E-state index contributed by atoms with van der Waals surface area (Å²) in [6.07, 6.45) is -6.17. The third-order valence-corrected chi connectivity index (χ3v) is 5.94. The van der Waals surface area contributed by atoms with E-state index >= 15 is 0 Å². The smallest absolute Gasteiger partial charge is 0.134 e. The van der Waals surface area contributed by atoms with E-state index in [1.165, 1.54) is 0 Å². The number of nitriles is 1. The Morgan fingerprint density at radius 1 is 1.04 bits per heavy atom. The summed E-state index contributed by atoms with van der Waals surface area (Å²) in [4.78, 5) is 0.439. The molecule has 140 valence electrons. The lowest BCUT2D eigenvalue weighted by molar-refractivity contribution is 0.0599. The third-order valence-electron chi connectivity index (χ3n) is 5.55. The van der Waals surface area contributed by atoms with Crippen molar-refractivity contribution in [3.05, 3.63) is 63.5 Å². The maximum Gasteiger partial charge on any atom is 0.134 e. The molecule has 0 aromatic heterocycles. The lowest BCUT2D eigenvalue weighted by Gasteiger charge is -2.33. The first kappa shape index (κ1) is 18.4. The Morgan fingerprint density at radius 3 is 2.48 bits per heavy atom. The monoisotopic (exact) mass is 391 g/mol. The Kier molecular flexibility index (Phi) is 4.46. The fraction of sp³-hybridized carbons (Fsp3) is 0.350. The quantitative estimate of drug-likeness (QED) is 0.648. The van der Waals surface area contributed by atoms with Crippen LogP contribution in [0.5, 0.6) is 0 Å². The van der Waals surface area contributed by atoms with E-state index in [2.05, 4.69) is 12.6 Å². The lowest BCUT2D eigenvalue weighted by Crippen LogP contribution is -2.27. The largest absolute Gasteiger partial charge is 0.385 e. The Balaban J connectivity index is 1.96. The Hall–Kier alpha value is -2.01.